The maximum atomic E-state index is 14.2. The number of piperidine rings is 1. The fourth-order valence-electron chi connectivity index (χ4n) is 7.26. The van der Waals surface area contributed by atoms with Crippen LogP contribution in [0.15, 0.2) is 30.3 Å². The largest absolute Gasteiger partial charge is 0.342 e. The van der Waals surface area contributed by atoms with Crippen LogP contribution in [-0.4, -0.2) is 29.9 Å². The quantitative estimate of drug-likeness (QED) is 0.727. The molecule has 0 spiro atoms. The minimum Gasteiger partial charge on any atom is -0.342 e. The Morgan fingerprint density at radius 3 is 2.47 bits per heavy atom. The topological polar surface area (TPSA) is 46.3 Å². The highest BCUT2D eigenvalue weighted by Crippen LogP contribution is 2.61. The molecule has 1 heterocycles. The lowest BCUT2D eigenvalue weighted by Crippen LogP contribution is -2.60. The van der Waals surface area contributed by atoms with E-state index in [0.29, 0.717) is 23.7 Å². The van der Waals surface area contributed by atoms with Crippen LogP contribution in [0, 0.1) is 28.6 Å². The van der Waals surface area contributed by atoms with Gasteiger partial charge in [0.25, 0.3) is 0 Å². The maximum absolute atomic E-state index is 14.2. The van der Waals surface area contributed by atoms with E-state index in [-0.39, 0.29) is 22.3 Å². The number of nitrogens with two attached hydrogens (primary N) is 1. The van der Waals surface area contributed by atoms with Crippen molar-refractivity contribution < 1.29 is 4.79 Å². The molecule has 2 N–H and O–H groups in total. The van der Waals surface area contributed by atoms with E-state index in [0.717, 1.165) is 38.8 Å². The maximum Gasteiger partial charge on any atom is 0.228 e. The summed E-state index contributed by atoms with van der Waals surface area (Å²) in [5.41, 5.74) is 7.75. The van der Waals surface area contributed by atoms with E-state index in [2.05, 4.69) is 69.9 Å². The second-order valence-corrected chi connectivity index (χ2v) is 11.8. The van der Waals surface area contributed by atoms with Gasteiger partial charge in [0, 0.05) is 19.1 Å². The molecule has 3 nitrogen and oxygen atoms in total. The molecule has 0 radical (unpaired) electrons. The molecule has 1 amide bonds. The van der Waals surface area contributed by atoms with Crippen molar-refractivity contribution >= 4 is 5.91 Å². The summed E-state index contributed by atoms with van der Waals surface area (Å²) in [4.78, 5) is 16.4. The fourth-order valence-corrected chi connectivity index (χ4v) is 7.26. The van der Waals surface area contributed by atoms with Gasteiger partial charge in [0.2, 0.25) is 5.91 Å². The van der Waals surface area contributed by atoms with E-state index >= 15 is 0 Å². The van der Waals surface area contributed by atoms with Gasteiger partial charge >= 0.3 is 0 Å². The highest BCUT2D eigenvalue weighted by molar-refractivity contribution is 5.83. The monoisotopic (exact) mass is 410 g/mol. The number of hydrogen-bond donors (Lipinski definition) is 1. The molecule has 4 rings (SSSR count). The molecule has 1 aromatic carbocycles. The lowest BCUT2D eigenvalue weighted by molar-refractivity contribution is -0.155. The van der Waals surface area contributed by atoms with Gasteiger partial charge in [-0.2, -0.15) is 0 Å². The van der Waals surface area contributed by atoms with Crippen molar-refractivity contribution in [3.8, 4) is 0 Å². The van der Waals surface area contributed by atoms with Crippen LogP contribution >= 0.6 is 0 Å². The van der Waals surface area contributed by atoms with Gasteiger partial charge in [-0.1, -0.05) is 65.0 Å². The fraction of sp³-hybridized carbons (Fsp3) is 0.741. The zero-order valence-corrected chi connectivity index (χ0v) is 19.8. The van der Waals surface area contributed by atoms with E-state index in [4.69, 9.17) is 5.73 Å². The van der Waals surface area contributed by atoms with Crippen LogP contribution in [0.4, 0.5) is 0 Å². The molecule has 2 saturated carbocycles. The van der Waals surface area contributed by atoms with Gasteiger partial charge in [0.05, 0.1) is 5.41 Å². The van der Waals surface area contributed by atoms with Crippen LogP contribution in [-0.2, 0) is 10.2 Å². The number of carbonyl (C=O) groups is 1. The van der Waals surface area contributed by atoms with Crippen LogP contribution in [0.25, 0.3) is 0 Å². The first kappa shape index (κ1) is 21.9. The van der Waals surface area contributed by atoms with Crippen molar-refractivity contribution in [1.82, 2.24) is 4.90 Å². The molecule has 6 atom stereocenters. The SMILES string of the molecule is CCC1(C(=O)N2CC[C@H](N)C(C)(C)C2)CC2CC(c3ccccc3)(CC(C)C2C)C1. The highest BCUT2D eigenvalue weighted by atomic mass is 16.2. The normalized spacial score (nSPS) is 40.8. The number of likely N-dealkylation sites (tertiary alicyclic amines) is 1. The standard InChI is InChI=1S/C27H42N2O/c1-6-26(24(30)29-13-12-23(28)25(4,5)18-29)15-21-16-27(17-26,14-19(2)20(21)3)22-10-8-7-9-11-22/h7-11,19-21,23H,6,12-18,28H2,1-5H3/t19?,20?,21?,23-,26?,27?/m0/s1. The second kappa shape index (κ2) is 7.65. The number of nitrogens with zero attached hydrogens (tertiary/aromatic N) is 1. The predicted octanol–water partition coefficient (Wildman–Crippen LogP) is 5.38. The van der Waals surface area contributed by atoms with Gasteiger partial charge in [0.15, 0.2) is 0 Å². The number of fused-ring (bicyclic) bond motifs is 2. The van der Waals surface area contributed by atoms with E-state index in [1.54, 1.807) is 0 Å². The van der Waals surface area contributed by atoms with Crippen molar-refractivity contribution in [2.24, 2.45) is 34.3 Å². The average molecular weight is 411 g/mol. The molecule has 0 aromatic heterocycles. The van der Waals surface area contributed by atoms with Crippen molar-refractivity contribution in [3.05, 3.63) is 35.9 Å². The summed E-state index contributed by atoms with van der Waals surface area (Å²) in [7, 11) is 0. The third-order valence-electron chi connectivity index (χ3n) is 9.45. The summed E-state index contributed by atoms with van der Waals surface area (Å²) in [5, 5.41) is 0. The molecular weight excluding hydrogens is 368 g/mol. The number of benzene rings is 1. The molecule has 30 heavy (non-hydrogen) atoms. The molecule has 3 heteroatoms. The molecule has 2 aliphatic carbocycles. The molecule has 5 unspecified atom stereocenters. The van der Waals surface area contributed by atoms with E-state index in [1.807, 2.05) is 0 Å². The zero-order valence-electron chi connectivity index (χ0n) is 19.8. The molecule has 1 saturated heterocycles. The summed E-state index contributed by atoms with van der Waals surface area (Å²) in [5.74, 6) is 2.44. The number of amides is 1. The summed E-state index contributed by atoms with van der Waals surface area (Å²) < 4.78 is 0. The molecule has 3 aliphatic rings. The number of carbonyl (C=O) groups excluding carboxylic acids is 1. The van der Waals surface area contributed by atoms with Gasteiger partial charge in [-0.3, -0.25) is 4.79 Å². The summed E-state index contributed by atoms with van der Waals surface area (Å²) in [6.07, 6.45) is 6.38. The Morgan fingerprint density at radius 2 is 1.83 bits per heavy atom. The Morgan fingerprint density at radius 1 is 1.13 bits per heavy atom. The first-order valence-corrected chi connectivity index (χ1v) is 12.2. The Hall–Kier alpha value is -1.35. The Labute approximate surface area is 183 Å². The smallest absolute Gasteiger partial charge is 0.228 e. The molecule has 1 aromatic rings. The molecule has 1 aliphatic heterocycles. The Balaban J connectivity index is 1.70. The van der Waals surface area contributed by atoms with Gasteiger partial charge in [-0.05, 0) is 72.7 Å². The highest BCUT2D eigenvalue weighted by Gasteiger charge is 2.57. The van der Waals surface area contributed by atoms with E-state index < -0.39 is 0 Å². The van der Waals surface area contributed by atoms with Crippen molar-refractivity contribution in [3.63, 3.8) is 0 Å². The third-order valence-corrected chi connectivity index (χ3v) is 9.45. The van der Waals surface area contributed by atoms with Crippen molar-refractivity contribution in [2.75, 3.05) is 13.1 Å². The van der Waals surface area contributed by atoms with Gasteiger partial charge in [-0.15, -0.1) is 0 Å². The summed E-state index contributed by atoms with van der Waals surface area (Å²) in [6.45, 7) is 13.2. The lowest BCUT2D eigenvalue weighted by atomic mass is 9.47. The first-order valence-electron chi connectivity index (χ1n) is 12.2. The van der Waals surface area contributed by atoms with Gasteiger partial charge in [0.1, 0.15) is 0 Å². The number of hydrogen-bond acceptors (Lipinski definition) is 2. The molecular formula is C27H42N2O. The van der Waals surface area contributed by atoms with E-state index in [1.165, 1.54) is 18.4 Å². The van der Waals surface area contributed by atoms with Gasteiger partial charge < -0.3 is 10.6 Å². The summed E-state index contributed by atoms with van der Waals surface area (Å²) in [6, 6.07) is 11.3. The van der Waals surface area contributed by atoms with E-state index in [9.17, 15) is 4.79 Å². The number of rotatable bonds is 3. The molecule has 2 bridgehead atoms. The lowest BCUT2D eigenvalue weighted by Gasteiger charge is -2.58. The first-order chi connectivity index (χ1) is 14.1. The van der Waals surface area contributed by atoms with Crippen LogP contribution in [0.1, 0.15) is 78.7 Å². The minimum atomic E-state index is -0.231. The summed E-state index contributed by atoms with van der Waals surface area (Å²) >= 11 is 0. The average Bonchev–Trinajstić information content (AvgIpc) is 2.74. The Kier molecular flexibility index (Phi) is 5.58. The van der Waals surface area contributed by atoms with Crippen LogP contribution in [0.3, 0.4) is 0 Å². The molecule has 166 valence electrons. The van der Waals surface area contributed by atoms with Crippen molar-refractivity contribution in [2.45, 2.75) is 84.6 Å². The van der Waals surface area contributed by atoms with Crippen molar-refractivity contribution in [1.29, 1.82) is 0 Å². The second-order valence-electron chi connectivity index (χ2n) is 11.8. The zero-order chi connectivity index (χ0) is 21.7. The predicted molar refractivity (Wildman–Crippen MR) is 124 cm³/mol. The Bertz CT molecular complexity index is 770. The van der Waals surface area contributed by atoms with Gasteiger partial charge in [-0.25, -0.2) is 0 Å². The molecule has 3 fully saturated rings. The minimum absolute atomic E-state index is 0.00764. The van der Waals surface area contributed by atoms with Crippen LogP contribution in [0.2, 0.25) is 0 Å². The van der Waals surface area contributed by atoms with Crippen LogP contribution < -0.4 is 5.73 Å². The third kappa shape index (κ3) is 3.51. The van der Waals surface area contributed by atoms with Crippen LogP contribution in [0.5, 0.6) is 0 Å².